The van der Waals surface area contributed by atoms with Crippen molar-refractivity contribution in [3.63, 3.8) is 0 Å². The molecule has 0 amide bonds. The van der Waals surface area contributed by atoms with E-state index in [2.05, 4.69) is 22.1 Å². The maximum atomic E-state index is 6.53. The van der Waals surface area contributed by atoms with Crippen molar-refractivity contribution < 1.29 is 9.47 Å². The van der Waals surface area contributed by atoms with Crippen LogP contribution < -0.4 is 4.74 Å². The first-order valence-corrected chi connectivity index (χ1v) is 9.09. The molecule has 0 saturated carbocycles. The predicted octanol–water partition coefficient (Wildman–Crippen LogP) is 5.58. The van der Waals surface area contributed by atoms with E-state index in [1.807, 2.05) is 48.7 Å². The van der Waals surface area contributed by atoms with E-state index in [0.29, 0.717) is 18.2 Å². The van der Waals surface area contributed by atoms with E-state index in [-0.39, 0.29) is 0 Å². The maximum Gasteiger partial charge on any atom is 0.138 e. The van der Waals surface area contributed by atoms with Gasteiger partial charge in [-0.15, -0.1) is 0 Å². The number of hydrogen-bond acceptors (Lipinski definition) is 3. The van der Waals surface area contributed by atoms with Crippen LogP contribution in [-0.4, -0.2) is 30.3 Å². The largest absolute Gasteiger partial charge is 0.490 e. The first-order valence-electron chi connectivity index (χ1n) is 8.71. The molecule has 0 atom stereocenters. The molecule has 4 aromatic rings. The van der Waals surface area contributed by atoms with Gasteiger partial charge in [0.25, 0.3) is 0 Å². The molecule has 4 nitrogen and oxygen atoms in total. The van der Waals surface area contributed by atoms with Gasteiger partial charge in [0.15, 0.2) is 0 Å². The number of benzene rings is 3. The van der Waals surface area contributed by atoms with E-state index in [0.717, 1.165) is 39.0 Å². The number of hydrogen-bond donors (Lipinski definition) is 1. The van der Waals surface area contributed by atoms with Gasteiger partial charge in [-0.3, -0.25) is 0 Å². The number of methoxy groups -OCH3 is 1. The number of aromatic nitrogens is 2. The molecule has 0 fully saturated rings. The summed E-state index contributed by atoms with van der Waals surface area (Å²) in [4.78, 5) is 7.63. The third-order valence-electron chi connectivity index (χ3n) is 4.45. The molecule has 0 saturated heterocycles. The summed E-state index contributed by atoms with van der Waals surface area (Å²) in [5.74, 6) is 1.55. The van der Waals surface area contributed by atoms with Crippen molar-refractivity contribution in [2.24, 2.45) is 0 Å². The Balaban J connectivity index is 2.01. The predicted molar refractivity (Wildman–Crippen MR) is 109 cm³/mol. The van der Waals surface area contributed by atoms with Crippen LogP contribution in [0.3, 0.4) is 0 Å². The number of fused-ring (bicyclic) bond motifs is 1. The highest BCUT2D eigenvalue weighted by molar-refractivity contribution is 6.34. The Morgan fingerprint density at radius 3 is 2.48 bits per heavy atom. The van der Waals surface area contributed by atoms with Crippen molar-refractivity contribution in [2.45, 2.75) is 0 Å². The Labute approximate surface area is 162 Å². The molecule has 1 N–H and O–H groups in total. The first-order chi connectivity index (χ1) is 13.3. The average molecular weight is 379 g/mol. The number of H-pyrrole nitrogens is 1. The van der Waals surface area contributed by atoms with E-state index in [1.165, 1.54) is 0 Å². The smallest absolute Gasteiger partial charge is 0.138 e. The van der Waals surface area contributed by atoms with Crippen LogP contribution in [0, 0.1) is 0 Å². The van der Waals surface area contributed by atoms with E-state index >= 15 is 0 Å². The number of halogens is 1. The fourth-order valence-corrected chi connectivity index (χ4v) is 3.48. The molecule has 27 heavy (non-hydrogen) atoms. The summed E-state index contributed by atoms with van der Waals surface area (Å²) in [6.45, 7) is 0.953. The Kier molecular flexibility index (Phi) is 5.10. The van der Waals surface area contributed by atoms with Crippen LogP contribution in [0.2, 0.25) is 5.02 Å². The zero-order chi connectivity index (χ0) is 18.6. The van der Waals surface area contributed by atoms with Gasteiger partial charge in [0.1, 0.15) is 18.2 Å². The average Bonchev–Trinajstić information content (AvgIpc) is 3.23. The molecular formula is C22H19ClN2O2. The van der Waals surface area contributed by atoms with Crippen molar-refractivity contribution in [3.05, 3.63) is 72.0 Å². The summed E-state index contributed by atoms with van der Waals surface area (Å²) in [7, 11) is 1.66. The molecule has 3 aromatic carbocycles. The van der Waals surface area contributed by atoms with E-state index in [1.54, 1.807) is 13.3 Å². The standard InChI is InChI=1S/C22H19ClN2O2/c1-26-12-13-27-20-14-18(22-24-10-11-25-22)15-6-2-3-7-16(15)21(20)17-8-4-5-9-19(17)23/h2-11,14H,12-13H2,1H3,(H,24,25). The lowest BCUT2D eigenvalue weighted by Gasteiger charge is -2.18. The highest BCUT2D eigenvalue weighted by Gasteiger charge is 2.18. The van der Waals surface area contributed by atoms with Gasteiger partial charge in [-0.05, 0) is 22.9 Å². The van der Waals surface area contributed by atoms with Crippen LogP contribution in [0.15, 0.2) is 67.0 Å². The van der Waals surface area contributed by atoms with Crippen molar-refractivity contribution in [3.8, 4) is 28.3 Å². The van der Waals surface area contributed by atoms with Crippen LogP contribution in [0.25, 0.3) is 33.3 Å². The van der Waals surface area contributed by atoms with E-state index in [4.69, 9.17) is 21.1 Å². The molecule has 0 aliphatic heterocycles. The molecule has 0 aliphatic carbocycles. The minimum atomic E-state index is 0.448. The summed E-state index contributed by atoms with van der Waals surface area (Å²) in [5.41, 5.74) is 2.90. The third-order valence-corrected chi connectivity index (χ3v) is 4.78. The lowest BCUT2D eigenvalue weighted by atomic mass is 9.93. The molecule has 0 aliphatic rings. The molecule has 0 spiro atoms. The van der Waals surface area contributed by atoms with Gasteiger partial charge in [0.2, 0.25) is 0 Å². The molecular weight excluding hydrogens is 360 g/mol. The van der Waals surface area contributed by atoms with Gasteiger partial charge in [0, 0.05) is 41.2 Å². The molecule has 1 aromatic heterocycles. The summed E-state index contributed by atoms with van der Waals surface area (Å²) in [6.07, 6.45) is 3.56. The zero-order valence-electron chi connectivity index (χ0n) is 14.9. The van der Waals surface area contributed by atoms with Gasteiger partial charge in [-0.25, -0.2) is 4.98 Å². The monoisotopic (exact) mass is 378 g/mol. The molecule has 136 valence electrons. The number of nitrogens with zero attached hydrogens (tertiary/aromatic N) is 1. The quantitative estimate of drug-likeness (QED) is 0.446. The SMILES string of the molecule is COCCOc1cc(-c2ncc[nH]2)c2ccccc2c1-c1ccccc1Cl. The normalized spacial score (nSPS) is 11.0. The van der Waals surface area contributed by atoms with Crippen LogP contribution in [0.5, 0.6) is 5.75 Å². The zero-order valence-corrected chi connectivity index (χ0v) is 15.7. The number of imidazole rings is 1. The van der Waals surface area contributed by atoms with Crippen LogP contribution in [0.1, 0.15) is 0 Å². The Morgan fingerprint density at radius 1 is 0.963 bits per heavy atom. The van der Waals surface area contributed by atoms with E-state index in [9.17, 15) is 0 Å². The molecule has 0 radical (unpaired) electrons. The lowest BCUT2D eigenvalue weighted by Crippen LogP contribution is -2.06. The minimum absolute atomic E-state index is 0.448. The molecule has 1 heterocycles. The molecule has 5 heteroatoms. The number of rotatable bonds is 6. The number of aromatic amines is 1. The second-order valence-electron chi connectivity index (χ2n) is 6.10. The second kappa shape index (κ2) is 7.82. The summed E-state index contributed by atoms with van der Waals surface area (Å²) < 4.78 is 11.3. The summed E-state index contributed by atoms with van der Waals surface area (Å²) >= 11 is 6.53. The summed E-state index contributed by atoms with van der Waals surface area (Å²) in [5, 5.41) is 2.83. The van der Waals surface area contributed by atoms with Crippen LogP contribution >= 0.6 is 11.6 Å². The Morgan fingerprint density at radius 2 is 1.74 bits per heavy atom. The Hall–Kier alpha value is -2.82. The lowest BCUT2D eigenvalue weighted by molar-refractivity contribution is 0.146. The highest BCUT2D eigenvalue weighted by atomic mass is 35.5. The fraction of sp³-hybridized carbons (Fsp3) is 0.136. The van der Waals surface area contributed by atoms with Crippen molar-refractivity contribution >= 4 is 22.4 Å². The Bertz CT molecular complexity index is 1060. The van der Waals surface area contributed by atoms with Gasteiger partial charge in [0.05, 0.1) is 6.61 Å². The van der Waals surface area contributed by atoms with Gasteiger partial charge in [-0.2, -0.15) is 0 Å². The van der Waals surface area contributed by atoms with Gasteiger partial charge >= 0.3 is 0 Å². The van der Waals surface area contributed by atoms with Crippen molar-refractivity contribution in [1.82, 2.24) is 9.97 Å². The minimum Gasteiger partial charge on any atom is -0.490 e. The van der Waals surface area contributed by atoms with Crippen molar-refractivity contribution in [2.75, 3.05) is 20.3 Å². The van der Waals surface area contributed by atoms with Crippen LogP contribution in [-0.2, 0) is 4.74 Å². The summed E-state index contributed by atoms with van der Waals surface area (Å²) in [6, 6.07) is 18.1. The van der Waals surface area contributed by atoms with Crippen molar-refractivity contribution in [1.29, 1.82) is 0 Å². The molecule has 0 unspecified atom stereocenters. The first kappa shape index (κ1) is 17.6. The number of ether oxygens (including phenoxy) is 2. The third kappa shape index (κ3) is 3.42. The molecule has 0 bridgehead atoms. The highest BCUT2D eigenvalue weighted by Crippen LogP contribution is 2.43. The van der Waals surface area contributed by atoms with Gasteiger partial charge < -0.3 is 14.5 Å². The van der Waals surface area contributed by atoms with Crippen LogP contribution in [0.4, 0.5) is 0 Å². The molecule has 4 rings (SSSR count). The second-order valence-corrected chi connectivity index (χ2v) is 6.51. The fourth-order valence-electron chi connectivity index (χ4n) is 3.25. The maximum absolute atomic E-state index is 6.53. The van der Waals surface area contributed by atoms with Gasteiger partial charge in [-0.1, -0.05) is 54.1 Å². The van der Waals surface area contributed by atoms with E-state index < -0.39 is 0 Å². The number of nitrogens with one attached hydrogen (secondary N) is 1. The topological polar surface area (TPSA) is 47.1 Å².